The zero-order chi connectivity index (χ0) is 27.7. The molecule has 21 heteroatoms. The molecule has 0 rings (SSSR count). The van der Waals surface area contributed by atoms with Crippen LogP contribution in [-0.2, 0) is 13.3 Å². The van der Waals surface area contributed by atoms with Gasteiger partial charge in [-0.05, 0) is 6.42 Å². The molecule has 0 aromatic rings. The van der Waals surface area contributed by atoms with Gasteiger partial charge >= 0.3 is 51.2 Å². The Morgan fingerprint density at radius 3 is 1.15 bits per heavy atom. The Bertz CT molecular complexity index is 614. The number of hydrogen-bond donors (Lipinski definition) is 0. The average Bonchev–Trinajstić information content (AvgIpc) is 2.53. The van der Waals surface area contributed by atoms with Gasteiger partial charge in [-0.25, -0.2) is 0 Å². The zero-order valence-corrected chi connectivity index (χ0v) is 17.2. The van der Waals surface area contributed by atoms with Gasteiger partial charge in [0.25, 0.3) is 0 Å². The van der Waals surface area contributed by atoms with Crippen LogP contribution in [0, 0.1) is 0 Å². The normalized spacial score (nSPS) is 15.7. The van der Waals surface area contributed by atoms with Crippen molar-refractivity contribution in [3.8, 4) is 0 Å². The van der Waals surface area contributed by atoms with Crippen molar-refractivity contribution in [3.63, 3.8) is 0 Å². The van der Waals surface area contributed by atoms with E-state index in [1.165, 1.54) is 6.92 Å². The second kappa shape index (κ2) is 10.1. The Kier molecular flexibility index (Phi) is 9.78. The minimum atomic E-state index is -9.57. The van der Waals surface area contributed by atoms with Gasteiger partial charge < -0.3 is 0 Å². The lowest BCUT2D eigenvalue weighted by atomic mass is 9.98. The lowest BCUT2D eigenvalue weighted by molar-refractivity contribution is -0.403. The van der Waals surface area contributed by atoms with Crippen molar-refractivity contribution in [2.45, 2.75) is 81.4 Å². The first kappa shape index (κ1) is 32.9. The van der Waals surface area contributed by atoms with Crippen LogP contribution in [0.2, 0.25) is 0 Å². The highest BCUT2D eigenvalue weighted by atomic mass is 28.4. The van der Waals surface area contributed by atoms with E-state index in [0.29, 0.717) is 0 Å². The van der Waals surface area contributed by atoms with Gasteiger partial charge in [0.1, 0.15) is 0 Å². The highest BCUT2D eigenvalue weighted by Gasteiger charge is 2.91. The topological polar surface area (TPSA) is 27.7 Å². The molecule has 3 nitrogen and oxygen atoms in total. The van der Waals surface area contributed by atoms with E-state index in [9.17, 15) is 74.6 Å². The van der Waals surface area contributed by atoms with Crippen LogP contribution in [0.4, 0.5) is 74.6 Å². The molecule has 0 N–H and O–H groups in total. The van der Waals surface area contributed by atoms with Crippen molar-refractivity contribution in [3.05, 3.63) is 0 Å². The van der Waals surface area contributed by atoms with E-state index in [4.69, 9.17) is 0 Å². The van der Waals surface area contributed by atoms with E-state index in [1.54, 1.807) is 13.3 Å². The predicted octanol–water partition coefficient (Wildman–Crippen LogP) is 7.59. The van der Waals surface area contributed by atoms with Crippen LogP contribution < -0.4 is 0 Å². The largest absolute Gasteiger partial charge is 0.601 e. The van der Waals surface area contributed by atoms with Crippen LogP contribution >= 0.6 is 0 Å². The first-order chi connectivity index (χ1) is 14.7. The van der Waals surface area contributed by atoms with Crippen molar-refractivity contribution < 1.29 is 87.9 Å². The smallest absolute Gasteiger partial charge is 0.280 e. The van der Waals surface area contributed by atoms with Gasteiger partial charge in [-0.2, -0.15) is 35.1 Å². The molecule has 0 bridgehead atoms. The first-order valence-corrected chi connectivity index (χ1v) is 10.2. The zero-order valence-electron chi connectivity index (χ0n) is 16.2. The molecule has 0 unspecified atom stereocenters. The number of rotatable bonds is 12. The van der Waals surface area contributed by atoms with Gasteiger partial charge in [0.2, 0.25) is 0 Å². The minimum absolute atomic E-state index is 0.0303. The summed E-state index contributed by atoms with van der Waals surface area (Å²) in [7, 11) is -9.57. The molecule has 0 atom stereocenters. The molecular weight excluding hydrogens is 555 g/mol. The maximum atomic E-state index is 14.2. The molecular formula is C13H13F17O3Si. The van der Waals surface area contributed by atoms with Crippen LogP contribution in [0.1, 0.15) is 39.0 Å². The van der Waals surface area contributed by atoms with E-state index in [-0.39, 0.29) is 19.3 Å². The summed E-state index contributed by atoms with van der Waals surface area (Å²) in [6.07, 6.45) is -24.9. The van der Waals surface area contributed by atoms with E-state index >= 15 is 0 Å². The lowest BCUT2D eigenvalue weighted by Crippen LogP contribution is -2.76. The molecule has 0 aliphatic rings. The molecule has 206 valence electrons. The van der Waals surface area contributed by atoms with Crippen LogP contribution in [-0.4, -0.2) is 51.2 Å². The second-order valence-electron chi connectivity index (χ2n) is 6.44. The van der Waals surface area contributed by atoms with Crippen LogP contribution in [0.5, 0.6) is 0 Å². The molecule has 0 aliphatic heterocycles. The Morgan fingerprint density at radius 2 is 0.853 bits per heavy atom. The average molecular weight is 568 g/mol. The summed E-state index contributed by atoms with van der Waals surface area (Å²) in [5.41, 5.74) is -8.09. The summed E-state index contributed by atoms with van der Waals surface area (Å²) in [5, 5.41) is 0. The van der Waals surface area contributed by atoms with Gasteiger partial charge in [0, 0.05) is 6.42 Å². The number of alkyl halides is 17. The van der Waals surface area contributed by atoms with Crippen LogP contribution in [0.3, 0.4) is 0 Å². The van der Waals surface area contributed by atoms with E-state index in [1.807, 2.05) is 0 Å². The predicted molar refractivity (Wildman–Crippen MR) is 75.7 cm³/mol. The van der Waals surface area contributed by atoms with Crippen molar-refractivity contribution in [1.82, 2.24) is 0 Å². The van der Waals surface area contributed by atoms with E-state index in [2.05, 4.69) is 0 Å². The van der Waals surface area contributed by atoms with Crippen LogP contribution in [0.25, 0.3) is 0 Å². The molecule has 34 heavy (non-hydrogen) atoms. The van der Waals surface area contributed by atoms with Crippen molar-refractivity contribution >= 4 is 8.80 Å². The van der Waals surface area contributed by atoms with E-state index in [0.717, 1.165) is 0 Å². The first-order valence-electron chi connectivity index (χ1n) is 8.50. The fraction of sp³-hybridized carbons (Fsp3) is 1.00. The highest BCUT2D eigenvalue weighted by molar-refractivity contribution is 6.64. The second-order valence-corrected chi connectivity index (χ2v) is 8.79. The van der Waals surface area contributed by atoms with Crippen LogP contribution in [0.15, 0.2) is 0 Å². The Labute approximate surface area is 179 Å². The Balaban J connectivity index is 6.84. The van der Waals surface area contributed by atoms with Gasteiger partial charge in [-0.1, -0.05) is 26.2 Å². The number of unbranched alkanes of at least 4 members (excludes halogenated alkanes) is 3. The fourth-order valence-electron chi connectivity index (χ4n) is 2.26. The monoisotopic (exact) mass is 568 g/mol. The maximum absolute atomic E-state index is 14.2. The number of halogens is 17. The summed E-state index contributed by atoms with van der Waals surface area (Å²) in [6.45, 7) is 1.45. The number of hydrogen-bond acceptors (Lipinski definition) is 3. The summed E-state index contributed by atoms with van der Waals surface area (Å²) in [4.78, 5) is 0. The van der Waals surface area contributed by atoms with Gasteiger partial charge in [-0.15, -0.1) is 39.5 Å². The Hall–Kier alpha value is -1.09. The van der Waals surface area contributed by atoms with Crippen molar-refractivity contribution in [2.24, 2.45) is 0 Å². The summed E-state index contributed by atoms with van der Waals surface area (Å²) < 4.78 is 228. The van der Waals surface area contributed by atoms with Gasteiger partial charge in [-0.3, -0.25) is 13.3 Å². The molecule has 0 radical (unpaired) electrons. The maximum Gasteiger partial charge on any atom is 0.601 e. The molecule has 0 aliphatic carbocycles. The Morgan fingerprint density at radius 1 is 0.500 bits per heavy atom. The quantitative estimate of drug-likeness (QED) is 0.138. The summed E-state index contributed by atoms with van der Waals surface area (Å²) >= 11 is 0. The van der Waals surface area contributed by atoms with Gasteiger partial charge in [0.15, 0.2) is 0 Å². The standard InChI is InChI=1S/C13H13F17O3Si/c1-2-3-4-5-6-7(14,15)8(16,17)9(18,19)10(20,21)34(31-11(22,23)24,32-12(25,26)27)33-13(28,29)30/h2-6H2,1H3. The molecule has 0 fully saturated rings. The molecule has 0 spiro atoms. The van der Waals surface area contributed by atoms with Gasteiger partial charge in [0.05, 0.1) is 0 Å². The third-order valence-corrected chi connectivity index (χ3v) is 6.31. The third-order valence-electron chi connectivity index (χ3n) is 3.73. The molecule has 0 amide bonds. The molecule has 0 aromatic heterocycles. The minimum Gasteiger partial charge on any atom is -0.280 e. The van der Waals surface area contributed by atoms with Crippen molar-refractivity contribution in [2.75, 3.05) is 0 Å². The lowest BCUT2D eigenvalue weighted by Gasteiger charge is -2.42. The molecule has 0 saturated carbocycles. The highest BCUT2D eigenvalue weighted by Crippen LogP contribution is 2.58. The third kappa shape index (κ3) is 7.70. The van der Waals surface area contributed by atoms with E-state index < -0.39 is 64.0 Å². The van der Waals surface area contributed by atoms with Crippen molar-refractivity contribution in [1.29, 1.82) is 0 Å². The fourth-order valence-corrected chi connectivity index (χ4v) is 4.23. The molecule has 0 heterocycles. The summed E-state index contributed by atoms with van der Waals surface area (Å²) in [6, 6.07) is 0. The molecule has 0 saturated heterocycles. The molecule has 0 aromatic carbocycles. The summed E-state index contributed by atoms with van der Waals surface area (Å²) in [5.74, 6) is -21.8. The SMILES string of the molecule is CCCCCCC(F)(F)C(F)(F)C(F)(F)C(F)(F)[Si](OC(F)(F)F)(OC(F)(F)F)OC(F)(F)F.